The third-order valence-electron chi connectivity index (χ3n) is 1.72. The molecule has 0 spiro atoms. The number of nitrogens with two attached hydrogens (primary N) is 1. The number of hydrogen-bond acceptors (Lipinski definition) is 5. The van der Waals surface area contributed by atoms with Crippen molar-refractivity contribution >= 4 is 24.9 Å². The number of aromatic nitrogens is 4. The number of nitrogens with one attached hydrogen (secondary N) is 1. The Balaban J connectivity index is 2.97. The van der Waals surface area contributed by atoms with Crippen molar-refractivity contribution in [3.63, 3.8) is 0 Å². The average Bonchev–Trinajstić information content (AvgIpc) is 2.48. The van der Waals surface area contributed by atoms with Crippen molar-refractivity contribution < 1.29 is 14.4 Å². The standard InChI is InChI=1S/C5H6N5O4P/c6-5-9-3-2(7-1-8-3)4(11)10(5)15(12,13)14/h1H,(H2,6,9)(H,7,8)(H2,12,13,14). The van der Waals surface area contributed by atoms with E-state index in [0.717, 1.165) is 0 Å². The van der Waals surface area contributed by atoms with E-state index in [-0.39, 0.29) is 15.5 Å². The molecule has 0 aliphatic rings. The highest BCUT2D eigenvalue weighted by molar-refractivity contribution is 7.50. The number of H-pyrrole nitrogens is 1. The first-order valence-corrected chi connectivity index (χ1v) is 5.26. The van der Waals surface area contributed by atoms with E-state index >= 15 is 0 Å². The Kier molecular flexibility index (Phi) is 1.90. The van der Waals surface area contributed by atoms with Crippen LogP contribution in [0.25, 0.3) is 11.2 Å². The lowest BCUT2D eigenvalue weighted by Crippen LogP contribution is -2.23. The Bertz CT molecular complexity index is 624. The quantitative estimate of drug-likeness (QED) is 0.443. The first kappa shape index (κ1) is 9.84. The SMILES string of the molecule is Nc1nc2nc[nH]c2c(=O)n1P(=O)(O)O. The molecule has 2 rings (SSSR count). The first-order chi connectivity index (χ1) is 6.91. The minimum absolute atomic E-state index is 0.0159. The van der Waals surface area contributed by atoms with E-state index < -0.39 is 19.3 Å². The maximum atomic E-state index is 11.5. The van der Waals surface area contributed by atoms with Crippen LogP contribution < -0.4 is 11.3 Å². The molecule has 0 fully saturated rings. The normalized spacial score (nSPS) is 12.1. The molecular formula is C5H6N5O4P. The molecule has 0 aromatic carbocycles. The zero-order valence-electron chi connectivity index (χ0n) is 7.15. The minimum Gasteiger partial charge on any atom is -0.369 e. The molecule has 2 aromatic heterocycles. The van der Waals surface area contributed by atoms with Gasteiger partial charge >= 0.3 is 7.75 Å². The van der Waals surface area contributed by atoms with Crippen LogP contribution >= 0.6 is 7.75 Å². The van der Waals surface area contributed by atoms with Crippen molar-refractivity contribution in [3.8, 4) is 0 Å². The molecular weight excluding hydrogens is 225 g/mol. The second kappa shape index (κ2) is 2.89. The van der Waals surface area contributed by atoms with Crippen molar-refractivity contribution in [1.82, 2.24) is 19.3 Å². The van der Waals surface area contributed by atoms with Gasteiger partial charge in [0.1, 0.15) is 0 Å². The molecule has 0 unspecified atom stereocenters. The third-order valence-corrected chi connectivity index (χ3v) is 2.63. The fourth-order valence-corrected chi connectivity index (χ4v) is 1.80. The van der Waals surface area contributed by atoms with E-state index in [4.69, 9.17) is 15.5 Å². The van der Waals surface area contributed by atoms with Crippen LogP contribution in [0.1, 0.15) is 0 Å². The van der Waals surface area contributed by atoms with Gasteiger partial charge in [0.15, 0.2) is 11.2 Å². The number of rotatable bonds is 1. The van der Waals surface area contributed by atoms with Gasteiger partial charge in [0, 0.05) is 0 Å². The van der Waals surface area contributed by atoms with Gasteiger partial charge in [0.2, 0.25) is 5.95 Å². The number of aromatic amines is 1. The molecule has 80 valence electrons. The maximum Gasteiger partial charge on any atom is 0.439 e. The Hall–Kier alpha value is -1.70. The molecule has 0 radical (unpaired) electrons. The van der Waals surface area contributed by atoms with Crippen LogP contribution in [-0.4, -0.2) is 29.1 Å². The summed E-state index contributed by atoms with van der Waals surface area (Å²) in [6.45, 7) is 0. The number of nitrogens with zero attached hydrogens (tertiary/aromatic N) is 3. The Labute approximate surface area is 81.8 Å². The smallest absolute Gasteiger partial charge is 0.369 e. The Morgan fingerprint density at radius 3 is 2.80 bits per heavy atom. The lowest BCUT2D eigenvalue weighted by Gasteiger charge is -2.08. The van der Waals surface area contributed by atoms with Crippen LogP contribution in [-0.2, 0) is 4.57 Å². The van der Waals surface area contributed by atoms with E-state index in [1.54, 1.807) is 0 Å². The fraction of sp³-hybridized carbons (Fsp3) is 0. The highest BCUT2D eigenvalue weighted by Gasteiger charge is 2.24. The number of nitrogen functional groups attached to an aromatic ring is 1. The van der Waals surface area contributed by atoms with E-state index in [1.807, 2.05) is 0 Å². The van der Waals surface area contributed by atoms with Gasteiger partial charge in [-0.15, -0.1) is 0 Å². The monoisotopic (exact) mass is 231 g/mol. The molecule has 0 atom stereocenters. The van der Waals surface area contributed by atoms with Crippen LogP contribution in [0.4, 0.5) is 5.95 Å². The second-order valence-corrected chi connectivity index (χ2v) is 4.13. The van der Waals surface area contributed by atoms with Crippen LogP contribution in [0.5, 0.6) is 0 Å². The van der Waals surface area contributed by atoms with Crippen LogP contribution in [0, 0.1) is 0 Å². The zero-order valence-corrected chi connectivity index (χ0v) is 8.05. The number of hydrogen-bond donors (Lipinski definition) is 4. The molecule has 15 heavy (non-hydrogen) atoms. The molecule has 10 heteroatoms. The van der Waals surface area contributed by atoms with Gasteiger partial charge in [0.25, 0.3) is 5.56 Å². The van der Waals surface area contributed by atoms with E-state index in [0.29, 0.717) is 0 Å². The van der Waals surface area contributed by atoms with Gasteiger partial charge in [0.05, 0.1) is 6.33 Å². The van der Waals surface area contributed by atoms with Gasteiger partial charge in [-0.2, -0.15) is 9.32 Å². The highest BCUT2D eigenvalue weighted by atomic mass is 31.2. The summed E-state index contributed by atoms with van der Waals surface area (Å²) in [7, 11) is -4.80. The molecule has 0 bridgehead atoms. The predicted molar refractivity (Wildman–Crippen MR) is 50.0 cm³/mol. The van der Waals surface area contributed by atoms with E-state index in [2.05, 4.69) is 15.0 Å². The van der Waals surface area contributed by atoms with E-state index in [9.17, 15) is 9.36 Å². The predicted octanol–water partition coefficient (Wildman–Crippen LogP) is -1.36. The van der Waals surface area contributed by atoms with Crippen molar-refractivity contribution in [2.24, 2.45) is 0 Å². The van der Waals surface area contributed by atoms with Gasteiger partial charge < -0.3 is 20.5 Å². The minimum atomic E-state index is -4.80. The lowest BCUT2D eigenvalue weighted by atomic mass is 10.5. The Morgan fingerprint density at radius 2 is 2.20 bits per heavy atom. The average molecular weight is 231 g/mol. The summed E-state index contributed by atoms with van der Waals surface area (Å²) in [5, 5.41) is 0. The number of anilines is 1. The van der Waals surface area contributed by atoms with Gasteiger partial charge in [-0.05, 0) is 0 Å². The van der Waals surface area contributed by atoms with Gasteiger partial charge in [-0.3, -0.25) is 4.79 Å². The fourth-order valence-electron chi connectivity index (χ4n) is 1.15. The second-order valence-electron chi connectivity index (χ2n) is 2.70. The highest BCUT2D eigenvalue weighted by Crippen LogP contribution is 2.36. The summed E-state index contributed by atoms with van der Waals surface area (Å²) in [4.78, 5) is 38.9. The van der Waals surface area contributed by atoms with Crippen molar-refractivity contribution in [1.29, 1.82) is 0 Å². The topological polar surface area (TPSA) is 147 Å². The number of fused-ring (bicyclic) bond motifs is 1. The third kappa shape index (κ3) is 1.42. The summed E-state index contributed by atoms with van der Waals surface area (Å²) in [6, 6.07) is 0. The van der Waals surface area contributed by atoms with Gasteiger partial charge in [-0.25, -0.2) is 9.55 Å². The molecule has 2 heterocycles. The largest absolute Gasteiger partial charge is 0.439 e. The maximum absolute atomic E-state index is 11.5. The molecule has 0 saturated heterocycles. The van der Waals surface area contributed by atoms with Gasteiger partial charge in [-0.1, -0.05) is 0 Å². The lowest BCUT2D eigenvalue weighted by molar-refractivity contribution is 0.360. The number of imidazole rings is 1. The van der Waals surface area contributed by atoms with E-state index in [1.165, 1.54) is 6.33 Å². The molecule has 5 N–H and O–H groups in total. The molecule has 0 amide bonds. The summed E-state index contributed by atoms with van der Waals surface area (Å²) < 4.78 is 11.1. The molecule has 9 nitrogen and oxygen atoms in total. The van der Waals surface area contributed by atoms with Crippen molar-refractivity contribution in [3.05, 3.63) is 16.7 Å². The Morgan fingerprint density at radius 1 is 1.53 bits per heavy atom. The first-order valence-electron chi connectivity index (χ1n) is 3.69. The van der Waals surface area contributed by atoms with Crippen LogP contribution in [0.2, 0.25) is 0 Å². The van der Waals surface area contributed by atoms with Crippen LogP contribution in [0.3, 0.4) is 0 Å². The van der Waals surface area contributed by atoms with Crippen LogP contribution in [0.15, 0.2) is 11.1 Å². The summed E-state index contributed by atoms with van der Waals surface area (Å²) in [5.74, 6) is -0.576. The summed E-state index contributed by atoms with van der Waals surface area (Å²) in [6.07, 6.45) is 1.18. The summed E-state index contributed by atoms with van der Waals surface area (Å²) >= 11 is 0. The molecule has 0 aliphatic heterocycles. The summed E-state index contributed by atoms with van der Waals surface area (Å²) in [5.41, 5.74) is 4.20. The molecule has 0 saturated carbocycles. The zero-order chi connectivity index (χ0) is 11.2. The molecule has 0 aliphatic carbocycles. The molecule has 2 aromatic rings. The van der Waals surface area contributed by atoms with Crippen molar-refractivity contribution in [2.75, 3.05) is 5.73 Å². The van der Waals surface area contributed by atoms with Crippen molar-refractivity contribution in [2.45, 2.75) is 0 Å².